The number of anilines is 1. The largest absolute Gasteiger partial charge is 0.398 e. The minimum Gasteiger partial charge on any atom is -0.398 e. The van der Waals surface area contributed by atoms with Crippen molar-refractivity contribution in [3.63, 3.8) is 0 Å². The Kier molecular flexibility index (Phi) is 2.90. The molecule has 1 aliphatic rings. The SMILES string of the molecule is CN(CC1CC1)C(=O)c1cc2ccccc2cc1N. The van der Waals surface area contributed by atoms with Crippen molar-refractivity contribution in [2.45, 2.75) is 12.8 Å². The molecule has 0 heterocycles. The van der Waals surface area contributed by atoms with Crippen LogP contribution >= 0.6 is 0 Å². The van der Waals surface area contributed by atoms with Gasteiger partial charge < -0.3 is 10.6 Å². The molecular formula is C16H18N2O. The topological polar surface area (TPSA) is 46.3 Å². The molecule has 0 radical (unpaired) electrons. The molecule has 0 spiro atoms. The van der Waals surface area contributed by atoms with E-state index in [1.165, 1.54) is 12.8 Å². The maximum Gasteiger partial charge on any atom is 0.255 e. The van der Waals surface area contributed by atoms with Crippen LogP contribution in [0.2, 0.25) is 0 Å². The van der Waals surface area contributed by atoms with Crippen molar-refractivity contribution in [1.82, 2.24) is 4.90 Å². The molecule has 0 bridgehead atoms. The highest BCUT2D eigenvalue weighted by Gasteiger charge is 2.25. The maximum atomic E-state index is 12.4. The van der Waals surface area contributed by atoms with Crippen molar-refractivity contribution in [1.29, 1.82) is 0 Å². The second-order valence-electron chi connectivity index (χ2n) is 5.42. The highest BCUT2D eigenvalue weighted by atomic mass is 16.2. The fourth-order valence-electron chi connectivity index (χ4n) is 2.42. The number of benzene rings is 2. The summed E-state index contributed by atoms with van der Waals surface area (Å²) in [4.78, 5) is 14.2. The standard InChI is InChI=1S/C16H18N2O/c1-18(10-11-6-7-11)16(19)14-8-12-4-2-3-5-13(12)9-15(14)17/h2-5,8-9,11H,6-7,10,17H2,1H3. The van der Waals surface area contributed by atoms with E-state index in [4.69, 9.17) is 5.73 Å². The van der Waals surface area contributed by atoms with Crippen LogP contribution < -0.4 is 5.73 Å². The van der Waals surface area contributed by atoms with E-state index in [2.05, 4.69) is 0 Å². The predicted molar refractivity (Wildman–Crippen MR) is 78.0 cm³/mol. The van der Waals surface area contributed by atoms with Gasteiger partial charge in [-0.3, -0.25) is 4.79 Å². The zero-order chi connectivity index (χ0) is 13.4. The summed E-state index contributed by atoms with van der Waals surface area (Å²) in [5, 5.41) is 2.13. The second kappa shape index (κ2) is 4.57. The first-order chi connectivity index (χ1) is 9.15. The molecule has 1 saturated carbocycles. The molecule has 2 aromatic rings. The van der Waals surface area contributed by atoms with Gasteiger partial charge in [-0.05, 0) is 41.7 Å². The van der Waals surface area contributed by atoms with E-state index in [-0.39, 0.29) is 5.91 Å². The predicted octanol–water partition coefficient (Wildman–Crippen LogP) is 2.90. The lowest BCUT2D eigenvalue weighted by molar-refractivity contribution is 0.0790. The Morgan fingerprint density at radius 3 is 2.53 bits per heavy atom. The van der Waals surface area contributed by atoms with E-state index >= 15 is 0 Å². The van der Waals surface area contributed by atoms with Crippen LogP contribution in [0.25, 0.3) is 10.8 Å². The van der Waals surface area contributed by atoms with Gasteiger partial charge in [0.15, 0.2) is 0 Å². The quantitative estimate of drug-likeness (QED) is 0.856. The normalized spacial score (nSPS) is 14.6. The van der Waals surface area contributed by atoms with E-state index < -0.39 is 0 Å². The number of amides is 1. The molecule has 19 heavy (non-hydrogen) atoms. The summed E-state index contributed by atoms with van der Waals surface area (Å²) in [6.45, 7) is 0.838. The van der Waals surface area contributed by atoms with Crippen LogP contribution in [0.3, 0.4) is 0 Å². The van der Waals surface area contributed by atoms with E-state index in [9.17, 15) is 4.79 Å². The van der Waals surface area contributed by atoms with Gasteiger partial charge in [-0.25, -0.2) is 0 Å². The molecule has 0 aliphatic heterocycles. The van der Waals surface area contributed by atoms with Gasteiger partial charge >= 0.3 is 0 Å². The van der Waals surface area contributed by atoms with Gasteiger partial charge in [0.05, 0.1) is 5.56 Å². The van der Waals surface area contributed by atoms with Gasteiger partial charge in [-0.15, -0.1) is 0 Å². The minimum atomic E-state index is 0.0233. The van der Waals surface area contributed by atoms with Crippen LogP contribution in [0.1, 0.15) is 23.2 Å². The Hall–Kier alpha value is -2.03. The van der Waals surface area contributed by atoms with Crippen LogP contribution in [0.4, 0.5) is 5.69 Å². The van der Waals surface area contributed by atoms with Gasteiger partial charge in [0, 0.05) is 19.3 Å². The molecule has 1 aliphatic carbocycles. The van der Waals surface area contributed by atoms with Crippen LogP contribution in [0.15, 0.2) is 36.4 Å². The Labute approximate surface area is 113 Å². The summed E-state index contributed by atoms with van der Waals surface area (Å²) in [5.74, 6) is 0.714. The second-order valence-corrected chi connectivity index (χ2v) is 5.42. The molecule has 3 heteroatoms. The van der Waals surface area contributed by atoms with Gasteiger partial charge in [-0.1, -0.05) is 24.3 Å². The highest BCUT2D eigenvalue weighted by Crippen LogP contribution is 2.30. The summed E-state index contributed by atoms with van der Waals surface area (Å²) in [6.07, 6.45) is 2.48. The van der Waals surface area contributed by atoms with Crippen molar-refractivity contribution < 1.29 is 4.79 Å². The van der Waals surface area contributed by atoms with Gasteiger partial charge in [0.1, 0.15) is 0 Å². The molecule has 1 amide bonds. The van der Waals surface area contributed by atoms with Crippen molar-refractivity contribution in [2.24, 2.45) is 5.92 Å². The third-order valence-electron chi connectivity index (χ3n) is 3.72. The average molecular weight is 254 g/mol. The zero-order valence-electron chi connectivity index (χ0n) is 11.1. The van der Waals surface area contributed by atoms with Crippen molar-refractivity contribution in [3.05, 3.63) is 42.0 Å². The lowest BCUT2D eigenvalue weighted by atomic mass is 10.0. The molecule has 0 atom stereocenters. The van der Waals surface area contributed by atoms with Gasteiger partial charge in [0.2, 0.25) is 0 Å². The molecule has 0 unspecified atom stereocenters. The average Bonchev–Trinajstić information content (AvgIpc) is 3.21. The fourth-order valence-corrected chi connectivity index (χ4v) is 2.42. The van der Waals surface area contributed by atoms with E-state index in [1.54, 1.807) is 4.90 Å². The number of nitrogens with zero attached hydrogens (tertiary/aromatic N) is 1. The van der Waals surface area contributed by atoms with E-state index in [1.807, 2.05) is 43.4 Å². The Bertz CT molecular complexity index is 632. The number of carbonyl (C=O) groups is 1. The smallest absolute Gasteiger partial charge is 0.255 e. The molecule has 0 aromatic heterocycles. The highest BCUT2D eigenvalue weighted by molar-refractivity contribution is 6.03. The third kappa shape index (κ3) is 2.41. The summed E-state index contributed by atoms with van der Waals surface area (Å²) in [5.41, 5.74) is 7.20. The lowest BCUT2D eigenvalue weighted by Gasteiger charge is -2.18. The summed E-state index contributed by atoms with van der Waals surface area (Å²) < 4.78 is 0. The number of nitrogen functional groups attached to an aromatic ring is 1. The Morgan fingerprint density at radius 2 is 1.89 bits per heavy atom. The van der Waals surface area contributed by atoms with Crippen LogP contribution in [0.5, 0.6) is 0 Å². The molecule has 3 nitrogen and oxygen atoms in total. The number of fused-ring (bicyclic) bond motifs is 1. The monoisotopic (exact) mass is 254 g/mol. The van der Waals surface area contributed by atoms with E-state index in [0.717, 1.165) is 17.3 Å². The number of rotatable bonds is 3. The Balaban J connectivity index is 1.94. The maximum absolute atomic E-state index is 12.4. The first kappa shape index (κ1) is 12.0. The Morgan fingerprint density at radius 1 is 1.26 bits per heavy atom. The van der Waals surface area contributed by atoms with Crippen molar-refractivity contribution >= 4 is 22.4 Å². The number of hydrogen-bond donors (Lipinski definition) is 1. The summed E-state index contributed by atoms with van der Waals surface area (Å²) in [7, 11) is 1.86. The van der Waals surface area contributed by atoms with Crippen molar-refractivity contribution in [2.75, 3.05) is 19.3 Å². The van der Waals surface area contributed by atoms with Crippen LogP contribution in [0, 0.1) is 5.92 Å². The molecule has 2 N–H and O–H groups in total. The van der Waals surface area contributed by atoms with Gasteiger partial charge in [0.25, 0.3) is 5.91 Å². The lowest BCUT2D eigenvalue weighted by Crippen LogP contribution is -2.29. The number of nitrogens with two attached hydrogens (primary N) is 1. The van der Waals surface area contributed by atoms with Crippen molar-refractivity contribution in [3.8, 4) is 0 Å². The number of carbonyl (C=O) groups excluding carboxylic acids is 1. The first-order valence-corrected chi connectivity index (χ1v) is 6.69. The molecule has 0 saturated heterocycles. The summed E-state index contributed by atoms with van der Waals surface area (Å²) in [6, 6.07) is 11.7. The summed E-state index contributed by atoms with van der Waals surface area (Å²) >= 11 is 0. The van der Waals surface area contributed by atoms with E-state index in [0.29, 0.717) is 17.2 Å². The molecular weight excluding hydrogens is 236 g/mol. The minimum absolute atomic E-state index is 0.0233. The number of hydrogen-bond acceptors (Lipinski definition) is 2. The third-order valence-corrected chi connectivity index (χ3v) is 3.72. The van der Waals surface area contributed by atoms with Crippen LogP contribution in [-0.4, -0.2) is 24.4 Å². The molecule has 98 valence electrons. The molecule has 3 rings (SSSR count). The first-order valence-electron chi connectivity index (χ1n) is 6.69. The fraction of sp³-hybridized carbons (Fsp3) is 0.312. The zero-order valence-corrected chi connectivity index (χ0v) is 11.1. The van der Waals surface area contributed by atoms with Crippen LogP contribution in [-0.2, 0) is 0 Å². The molecule has 1 fully saturated rings. The van der Waals surface area contributed by atoms with Gasteiger partial charge in [-0.2, -0.15) is 0 Å². The molecule has 2 aromatic carbocycles.